The number of rotatable bonds is 2. The molecule has 0 bridgehead atoms. The lowest BCUT2D eigenvalue weighted by molar-refractivity contribution is -0.123. The average Bonchev–Trinajstić information content (AvgIpc) is 2.43. The van der Waals surface area contributed by atoms with Crippen LogP contribution in [0.2, 0.25) is 0 Å². The summed E-state index contributed by atoms with van der Waals surface area (Å²) in [5.74, 6) is 0.890. The number of guanidine groups is 1. The highest BCUT2D eigenvalue weighted by Gasteiger charge is 2.34. The molecule has 2 unspecified atom stereocenters. The Balaban J connectivity index is 1.95. The van der Waals surface area contributed by atoms with Crippen molar-refractivity contribution in [3.63, 3.8) is 0 Å². The van der Waals surface area contributed by atoms with Crippen molar-refractivity contribution in [3.8, 4) is 0 Å². The number of benzene rings is 1. The van der Waals surface area contributed by atoms with Gasteiger partial charge in [-0.25, -0.2) is 4.99 Å². The number of carbonyl (C=O) groups is 1. The van der Waals surface area contributed by atoms with Crippen molar-refractivity contribution in [2.75, 3.05) is 0 Å². The van der Waals surface area contributed by atoms with Crippen LogP contribution in [0.3, 0.4) is 0 Å². The molecule has 2 aliphatic heterocycles. The third kappa shape index (κ3) is 2.22. The van der Waals surface area contributed by atoms with Crippen molar-refractivity contribution in [1.82, 2.24) is 4.90 Å². The molecule has 0 aliphatic carbocycles. The summed E-state index contributed by atoms with van der Waals surface area (Å²) in [5.41, 5.74) is 6.80. The molecule has 20 heavy (non-hydrogen) atoms. The monoisotopic (exact) mass is 268 g/mol. The van der Waals surface area contributed by atoms with Gasteiger partial charge in [-0.05, 0) is 12.5 Å². The Bertz CT molecular complexity index is 618. The van der Waals surface area contributed by atoms with Crippen LogP contribution in [0.25, 0.3) is 0 Å². The van der Waals surface area contributed by atoms with Gasteiger partial charge in [-0.2, -0.15) is 4.99 Å². The summed E-state index contributed by atoms with van der Waals surface area (Å²) in [5, 5.41) is 0. The third-order valence-corrected chi connectivity index (χ3v) is 3.56. The van der Waals surface area contributed by atoms with E-state index in [4.69, 9.17) is 5.73 Å². The van der Waals surface area contributed by atoms with Crippen LogP contribution in [0.4, 0.5) is 0 Å². The first-order valence-corrected chi connectivity index (χ1v) is 6.60. The molecule has 3 rings (SSSR count). The van der Waals surface area contributed by atoms with E-state index in [0.717, 1.165) is 5.56 Å². The van der Waals surface area contributed by atoms with E-state index < -0.39 is 0 Å². The van der Waals surface area contributed by atoms with E-state index in [-0.39, 0.29) is 23.8 Å². The fraction of sp³-hybridized carbons (Fsp3) is 0.267. The summed E-state index contributed by atoms with van der Waals surface area (Å²) in [4.78, 5) is 22.4. The normalized spacial score (nSPS) is 25.1. The minimum absolute atomic E-state index is 0.00474. The van der Waals surface area contributed by atoms with Gasteiger partial charge in [0.25, 0.3) is 5.91 Å². The van der Waals surface area contributed by atoms with Crippen LogP contribution < -0.4 is 5.73 Å². The van der Waals surface area contributed by atoms with Crippen LogP contribution in [0, 0.1) is 5.92 Å². The molecular weight excluding hydrogens is 252 g/mol. The van der Waals surface area contributed by atoms with E-state index in [1.807, 2.05) is 43.3 Å². The standard InChI is InChI=1S/C15H16N4O/c1-10-12-7-8-13(20)19(14(12)18-15(16)17-10)9-11-5-3-2-4-6-11/h2-8,10,12H,9H2,1H3,(H2,16,17). The molecule has 1 aromatic rings. The third-order valence-electron chi connectivity index (χ3n) is 3.56. The molecule has 0 fully saturated rings. The Hall–Kier alpha value is -2.43. The van der Waals surface area contributed by atoms with E-state index in [1.54, 1.807) is 11.0 Å². The van der Waals surface area contributed by atoms with E-state index in [1.165, 1.54) is 0 Å². The van der Waals surface area contributed by atoms with Crippen LogP contribution in [0.1, 0.15) is 12.5 Å². The van der Waals surface area contributed by atoms with Gasteiger partial charge in [0.05, 0.1) is 18.5 Å². The van der Waals surface area contributed by atoms with Crippen molar-refractivity contribution in [2.24, 2.45) is 21.6 Å². The lowest BCUT2D eigenvalue weighted by Crippen LogP contribution is -2.47. The van der Waals surface area contributed by atoms with E-state index >= 15 is 0 Å². The van der Waals surface area contributed by atoms with E-state index in [9.17, 15) is 4.79 Å². The largest absolute Gasteiger partial charge is 0.368 e. The number of amidine groups is 1. The molecule has 5 nitrogen and oxygen atoms in total. The Morgan fingerprint density at radius 2 is 2.05 bits per heavy atom. The summed E-state index contributed by atoms with van der Waals surface area (Å²) in [7, 11) is 0. The highest BCUT2D eigenvalue weighted by molar-refractivity contribution is 6.11. The van der Waals surface area contributed by atoms with Gasteiger partial charge in [-0.3, -0.25) is 9.69 Å². The topological polar surface area (TPSA) is 71.0 Å². The quantitative estimate of drug-likeness (QED) is 0.878. The Morgan fingerprint density at radius 1 is 1.30 bits per heavy atom. The second-order valence-electron chi connectivity index (χ2n) is 4.99. The van der Waals surface area contributed by atoms with Crippen molar-refractivity contribution >= 4 is 17.7 Å². The number of carbonyl (C=O) groups excluding carboxylic acids is 1. The minimum atomic E-state index is -0.0641. The molecule has 0 saturated heterocycles. The van der Waals surface area contributed by atoms with Crippen LogP contribution in [0.5, 0.6) is 0 Å². The first kappa shape index (κ1) is 12.6. The second-order valence-corrected chi connectivity index (χ2v) is 4.99. The Kier molecular flexibility index (Phi) is 3.10. The summed E-state index contributed by atoms with van der Waals surface area (Å²) < 4.78 is 0. The molecule has 2 atom stereocenters. The van der Waals surface area contributed by atoms with Crippen molar-refractivity contribution in [3.05, 3.63) is 48.0 Å². The molecule has 1 amide bonds. The molecule has 0 saturated carbocycles. The fourth-order valence-electron chi connectivity index (χ4n) is 2.53. The van der Waals surface area contributed by atoms with Crippen LogP contribution >= 0.6 is 0 Å². The number of hydrogen-bond acceptors (Lipinski definition) is 4. The van der Waals surface area contributed by atoms with Gasteiger partial charge in [0.1, 0.15) is 5.84 Å². The zero-order valence-corrected chi connectivity index (χ0v) is 11.2. The highest BCUT2D eigenvalue weighted by Crippen LogP contribution is 2.24. The van der Waals surface area contributed by atoms with E-state index in [2.05, 4.69) is 9.98 Å². The Labute approximate surface area is 117 Å². The number of nitrogens with zero attached hydrogens (tertiary/aromatic N) is 3. The smallest absolute Gasteiger partial charge is 0.251 e. The summed E-state index contributed by atoms with van der Waals surface area (Å²) >= 11 is 0. The first-order valence-electron chi connectivity index (χ1n) is 6.60. The lowest BCUT2D eigenvalue weighted by atomic mass is 9.94. The molecule has 0 radical (unpaired) electrons. The summed E-state index contributed by atoms with van der Waals surface area (Å²) in [6.45, 7) is 2.48. The molecule has 5 heteroatoms. The molecule has 0 aromatic heterocycles. The average molecular weight is 268 g/mol. The fourth-order valence-corrected chi connectivity index (χ4v) is 2.53. The summed E-state index contributed by atoms with van der Waals surface area (Å²) in [6, 6.07) is 9.85. The second kappa shape index (κ2) is 4.92. The van der Waals surface area contributed by atoms with Gasteiger partial charge in [0, 0.05) is 6.08 Å². The highest BCUT2D eigenvalue weighted by atomic mass is 16.2. The van der Waals surface area contributed by atoms with Crippen molar-refractivity contribution < 1.29 is 4.79 Å². The van der Waals surface area contributed by atoms with E-state index in [0.29, 0.717) is 12.4 Å². The van der Waals surface area contributed by atoms with Gasteiger partial charge < -0.3 is 5.73 Å². The van der Waals surface area contributed by atoms with Crippen LogP contribution in [-0.2, 0) is 11.3 Å². The van der Waals surface area contributed by atoms with Gasteiger partial charge >= 0.3 is 0 Å². The maximum Gasteiger partial charge on any atom is 0.251 e. The first-order chi connectivity index (χ1) is 9.65. The molecule has 0 spiro atoms. The lowest BCUT2D eigenvalue weighted by Gasteiger charge is -2.34. The maximum absolute atomic E-state index is 12.1. The maximum atomic E-state index is 12.1. The van der Waals surface area contributed by atoms with Crippen molar-refractivity contribution in [1.29, 1.82) is 0 Å². The van der Waals surface area contributed by atoms with Gasteiger partial charge in [-0.15, -0.1) is 0 Å². The molecule has 1 aromatic carbocycles. The van der Waals surface area contributed by atoms with Crippen molar-refractivity contribution in [2.45, 2.75) is 19.5 Å². The van der Waals surface area contributed by atoms with Gasteiger partial charge in [0.15, 0.2) is 0 Å². The molecule has 2 aliphatic rings. The predicted octanol–water partition coefficient (Wildman–Crippen LogP) is 1.32. The summed E-state index contributed by atoms with van der Waals surface area (Å²) in [6.07, 6.45) is 3.46. The number of nitrogens with two attached hydrogens (primary N) is 1. The molecule has 2 N–H and O–H groups in total. The zero-order chi connectivity index (χ0) is 14.1. The number of aliphatic imine (C=N–C) groups is 2. The number of fused-ring (bicyclic) bond motifs is 1. The minimum Gasteiger partial charge on any atom is -0.368 e. The molecular formula is C15H16N4O. The SMILES string of the molecule is CC1N=C(N)N=C2C1C=CC(=O)N2Cc1ccccc1. The van der Waals surface area contributed by atoms with Gasteiger partial charge in [0.2, 0.25) is 5.96 Å². The Morgan fingerprint density at radius 3 is 2.80 bits per heavy atom. The van der Waals surface area contributed by atoms with Crippen LogP contribution in [-0.4, -0.2) is 28.6 Å². The van der Waals surface area contributed by atoms with Crippen LogP contribution in [0.15, 0.2) is 52.5 Å². The number of hydrogen-bond donors (Lipinski definition) is 1. The van der Waals surface area contributed by atoms with Gasteiger partial charge in [-0.1, -0.05) is 36.4 Å². The molecule has 102 valence electrons. The number of amides is 1. The predicted molar refractivity (Wildman–Crippen MR) is 78.1 cm³/mol. The molecule has 2 heterocycles. The zero-order valence-electron chi connectivity index (χ0n) is 11.2.